The number of aromatic nitrogens is 1. The van der Waals surface area contributed by atoms with E-state index in [0.717, 1.165) is 16.1 Å². The van der Waals surface area contributed by atoms with E-state index in [1.807, 2.05) is 53.6 Å². The highest BCUT2D eigenvalue weighted by Gasteiger charge is 2.25. The lowest BCUT2D eigenvalue weighted by Crippen LogP contribution is -2.41. The second-order valence-electron chi connectivity index (χ2n) is 8.22. The molecular weight excluding hydrogens is 444 g/mol. The average molecular weight is 473 g/mol. The number of aliphatic hydroxyl groups is 1. The van der Waals surface area contributed by atoms with Crippen molar-refractivity contribution in [2.75, 3.05) is 0 Å². The van der Waals surface area contributed by atoms with Gasteiger partial charge in [0, 0.05) is 34.1 Å². The number of rotatable bonds is 9. The monoisotopic (exact) mass is 472 g/mol. The summed E-state index contributed by atoms with van der Waals surface area (Å²) in [6.07, 6.45) is 0. The highest BCUT2D eigenvalue weighted by Crippen LogP contribution is 2.28. The van der Waals surface area contributed by atoms with Crippen molar-refractivity contribution in [1.29, 1.82) is 0 Å². The molecule has 1 amide bonds. The minimum absolute atomic E-state index is 0.0155. The lowest BCUT2D eigenvalue weighted by molar-refractivity contribution is 0.0625. The van der Waals surface area contributed by atoms with Crippen molar-refractivity contribution in [3.8, 4) is 5.75 Å². The highest BCUT2D eigenvalue weighted by molar-refractivity contribution is 7.09. The summed E-state index contributed by atoms with van der Waals surface area (Å²) in [6.45, 7) is 8.85. The minimum atomic E-state index is -0.0914. The molecule has 3 rings (SSSR count). The molecule has 32 heavy (non-hydrogen) atoms. The van der Waals surface area contributed by atoms with Crippen molar-refractivity contribution in [2.24, 2.45) is 5.92 Å². The fraction of sp³-hybridized carbons (Fsp3) is 0.360. The zero-order chi connectivity index (χ0) is 23.3. The summed E-state index contributed by atoms with van der Waals surface area (Å²) >= 11 is 7.74. The van der Waals surface area contributed by atoms with Gasteiger partial charge in [0.25, 0.3) is 5.91 Å². The Labute approximate surface area is 198 Å². The van der Waals surface area contributed by atoms with E-state index >= 15 is 0 Å². The number of halogens is 1. The molecular formula is C25H29ClN2O3S. The normalized spacial score (nSPS) is 12.1. The number of amides is 1. The smallest absolute Gasteiger partial charge is 0.254 e. The molecule has 0 radical (unpaired) electrons. The summed E-state index contributed by atoms with van der Waals surface area (Å²) in [7, 11) is 0. The first-order chi connectivity index (χ1) is 15.3. The van der Waals surface area contributed by atoms with E-state index < -0.39 is 0 Å². The standard InChI is InChI=1S/C25H29ClN2O3S/c1-16(2)18(4)28(25(30)19-7-5-17(3)6-8-19)12-20-11-21(26)9-10-23(20)31-14-24-27-22(13-29)15-32-24/h5-11,15-16,18,29H,12-14H2,1-4H3/t18-/m1/s1. The molecule has 0 saturated heterocycles. The molecule has 0 aliphatic heterocycles. The Balaban J connectivity index is 1.86. The number of carbonyl (C=O) groups is 1. The van der Waals surface area contributed by atoms with Gasteiger partial charge in [-0.25, -0.2) is 4.98 Å². The highest BCUT2D eigenvalue weighted by atomic mass is 35.5. The average Bonchev–Trinajstić information content (AvgIpc) is 3.24. The molecule has 170 valence electrons. The van der Waals surface area contributed by atoms with Crippen LogP contribution in [-0.4, -0.2) is 26.9 Å². The van der Waals surface area contributed by atoms with Crippen LogP contribution in [0, 0.1) is 12.8 Å². The van der Waals surface area contributed by atoms with E-state index in [1.165, 1.54) is 11.3 Å². The Morgan fingerprint density at radius 3 is 2.53 bits per heavy atom. The third-order valence-electron chi connectivity index (χ3n) is 5.49. The predicted octanol–water partition coefficient (Wildman–Crippen LogP) is 5.86. The predicted molar refractivity (Wildman–Crippen MR) is 129 cm³/mol. The number of benzene rings is 2. The Morgan fingerprint density at radius 2 is 1.91 bits per heavy atom. The fourth-order valence-electron chi connectivity index (χ4n) is 3.25. The van der Waals surface area contributed by atoms with Gasteiger partial charge >= 0.3 is 0 Å². The van der Waals surface area contributed by atoms with Crippen molar-refractivity contribution in [2.45, 2.75) is 53.5 Å². The zero-order valence-corrected chi connectivity index (χ0v) is 20.4. The molecule has 1 N–H and O–H groups in total. The van der Waals surface area contributed by atoms with Crippen molar-refractivity contribution in [3.63, 3.8) is 0 Å². The number of aliphatic hydroxyl groups excluding tert-OH is 1. The third-order valence-corrected chi connectivity index (χ3v) is 6.60. The van der Waals surface area contributed by atoms with Crippen molar-refractivity contribution >= 4 is 28.8 Å². The first-order valence-corrected chi connectivity index (χ1v) is 11.9. The Hall–Kier alpha value is -2.41. The molecule has 0 saturated carbocycles. The van der Waals surface area contributed by atoms with Gasteiger partial charge in [0.1, 0.15) is 17.4 Å². The molecule has 3 aromatic rings. The number of carbonyl (C=O) groups excluding carboxylic acids is 1. The van der Waals surface area contributed by atoms with E-state index in [1.54, 1.807) is 6.07 Å². The fourth-order valence-corrected chi connectivity index (χ4v) is 4.14. The number of nitrogens with zero attached hydrogens (tertiary/aromatic N) is 2. The molecule has 0 aliphatic rings. The van der Waals surface area contributed by atoms with Crippen LogP contribution in [0.3, 0.4) is 0 Å². The zero-order valence-electron chi connectivity index (χ0n) is 18.8. The third kappa shape index (κ3) is 6.09. The largest absolute Gasteiger partial charge is 0.486 e. The van der Waals surface area contributed by atoms with Gasteiger partial charge in [-0.2, -0.15) is 0 Å². The Morgan fingerprint density at radius 1 is 1.19 bits per heavy atom. The maximum Gasteiger partial charge on any atom is 0.254 e. The molecule has 1 heterocycles. The maximum atomic E-state index is 13.4. The molecule has 7 heteroatoms. The molecule has 0 bridgehead atoms. The Kier molecular flexibility index (Phi) is 8.29. The first kappa shape index (κ1) is 24.2. The van der Waals surface area contributed by atoms with Crippen LogP contribution in [0.15, 0.2) is 47.8 Å². The van der Waals surface area contributed by atoms with Gasteiger partial charge in [-0.05, 0) is 50.1 Å². The molecule has 1 aromatic heterocycles. The lowest BCUT2D eigenvalue weighted by Gasteiger charge is -2.32. The van der Waals surface area contributed by atoms with Crippen LogP contribution in [-0.2, 0) is 19.8 Å². The van der Waals surface area contributed by atoms with E-state index in [0.29, 0.717) is 28.6 Å². The summed E-state index contributed by atoms with van der Waals surface area (Å²) in [5, 5.41) is 12.4. The summed E-state index contributed by atoms with van der Waals surface area (Å²) in [5.74, 6) is 0.914. The summed E-state index contributed by atoms with van der Waals surface area (Å²) < 4.78 is 6.05. The van der Waals surface area contributed by atoms with Crippen LogP contribution in [0.4, 0.5) is 0 Å². The maximum absolute atomic E-state index is 13.4. The quantitative estimate of drug-likeness (QED) is 0.423. The van der Waals surface area contributed by atoms with Crippen LogP contribution in [0.5, 0.6) is 5.75 Å². The number of ether oxygens (including phenoxy) is 1. The Bertz CT molecular complexity index is 1050. The van der Waals surface area contributed by atoms with Crippen LogP contribution in [0.2, 0.25) is 5.02 Å². The van der Waals surface area contributed by atoms with Crippen LogP contribution < -0.4 is 4.74 Å². The van der Waals surface area contributed by atoms with E-state index in [9.17, 15) is 9.90 Å². The molecule has 5 nitrogen and oxygen atoms in total. The second-order valence-corrected chi connectivity index (χ2v) is 9.59. The molecule has 0 unspecified atom stereocenters. The second kappa shape index (κ2) is 10.9. The summed E-state index contributed by atoms with van der Waals surface area (Å²) in [6, 6.07) is 13.1. The number of thiazole rings is 1. The molecule has 2 aromatic carbocycles. The SMILES string of the molecule is Cc1ccc(C(=O)N(Cc2cc(Cl)ccc2OCc2nc(CO)cs2)[C@H](C)C(C)C)cc1. The van der Waals surface area contributed by atoms with Gasteiger partial charge in [0.15, 0.2) is 0 Å². The van der Waals surface area contributed by atoms with Crippen LogP contribution >= 0.6 is 22.9 Å². The van der Waals surface area contributed by atoms with Crippen molar-refractivity contribution in [1.82, 2.24) is 9.88 Å². The van der Waals surface area contributed by atoms with E-state index in [4.69, 9.17) is 16.3 Å². The van der Waals surface area contributed by atoms with Gasteiger partial charge in [0.05, 0.1) is 12.3 Å². The van der Waals surface area contributed by atoms with E-state index in [-0.39, 0.29) is 31.1 Å². The molecule has 0 spiro atoms. The molecule has 1 atom stereocenters. The number of aryl methyl sites for hydroxylation is 1. The van der Waals surface area contributed by atoms with Crippen LogP contribution in [0.25, 0.3) is 0 Å². The van der Waals surface area contributed by atoms with Gasteiger partial charge in [-0.15, -0.1) is 11.3 Å². The van der Waals surface area contributed by atoms with Gasteiger partial charge in [-0.3, -0.25) is 4.79 Å². The van der Waals surface area contributed by atoms with Gasteiger partial charge in [-0.1, -0.05) is 43.1 Å². The van der Waals surface area contributed by atoms with E-state index in [2.05, 4.69) is 25.8 Å². The van der Waals surface area contributed by atoms with Gasteiger partial charge in [0.2, 0.25) is 0 Å². The first-order valence-electron chi connectivity index (χ1n) is 10.6. The molecule has 0 fully saturated rings. The topological polar surface area (TPSA) is 62.7 Å². The van der Waals surface area contributed by atoms with Crippen molar-refractivity contribution < 1.29 is 14.6 Å². The minimum Gasteiger partial charge on any atom is -0.486 e. The van der Waals surface area contributed by atoms with Gasteiger partial charge < -0.3 is 14.7 Å². The lowest BCUT2D eigenvalue weighted by atomic mass is 10.0. The number of hydrogen-bond donors (Lipinski definition) is 1. The number of hydrogen-bond acceptors (Lipinski definition) is 5. The van der Waals surface area contributed by atoms with Crippen molar-refractivity contribution in [3.05, 3.63) is 80.3 Å². The molecule has 0 aliphatic carbocycles. The summed E-state index contributed by atoms with van der Waals surface area (Å²) in [5.41, 5.74) is 3.24. The van der Waals surface area contributed by atoms with Crippen LogP contribution in [0.1, 0.15) is 53.0 Å². The summed E-state index contributed by atoms with van der Waals surface area (Å²) in [4.78, 5) is 19.6.